The Labute approximate surface area is 172 Å². The number of aromatic nitrogens is 1. The third-order valence-corrected chi connectivity index (χ3v) is 5.25. The first kappa shape index (κ1) is 20.6. The minimum Gasteiger partial charge on any atom is -0.497 e. The maximum atomic E-state index is 13.1. The average Bonchev–Trinajstić information content (AvgIpc) is 2.72. The fourth-order valence-electron chi connectivity index (χ4n) is 3.13. The van der Waals surface area contributed by atoms with E-state index < -0.39 is 0 Å². The van der Waals surface area contributed by atoms with Crippen molar-refractivity contribution < 1.29 is 14.3 Å². The summed E-state index contributed by atoms with van der Waals surface area (Å²) in [4.78, 5) is 17.9. The van der Waals surface area contributed by atoms with Crippen LogP contribution in [0.5, 0.6) is 11.5 Å². The lowest BCUT2D eigenvalue weighted by Crippen LogP contribution is -2.36. The molecule has 0 spiro atoms. The van der Waals surface area contributed by atoms with E-state index >= 15 is 0 Å². The van der Waals surface area contributed by atoms with E-state index in [-0.39, 0.29) is 11.9 Å². The Morgan fingerprint density at radius 3 is 2.41 bits per heavy atom. The van der Waals surface area contributed by atoms with E-state index in [1.807, 2.05) is 56.3 Å². The molecule has 1 heterocycles. The van der Waals surface area contributed by atoms with Crippen molar-refractivity contribution in [2.75, 3.05) is 14.2 Å². The smallest absolute Gasteiger partial charge is 0.252 e. The van der Waals surface area contributed by atoms with Crippen molar-refractivity contribution in [2.45, 2.75) is 33.7 Å². The van der Waals surface area contributed by atoms with Crippen LogP contribution >= 0.6 is 0 Å². The molecule has 1 aromatic heterocycles. The fourth-order valence-corrected chi connectivity index (χ4v) is 3.13. The van der Waals surface area contributed by atoms with Gasteiger partial charge in [0.2, 0.25) is 0 Å². The minimum atomic E-state index is -0.0991. The second-order valence-corrected chi connectivity index (χ2v) is 7.65. The summed E-state index contributed by atoms with van der Waals surface area (Å²) in [5, 5.41) is 3.96. The van der Waals surface area contributed by atoms with E-state index in [0.717, 1.165) is 22.0 Å². The van der Waals surface area contributed by atoms with Crippen molar-refractivity contribution in [3.8, 4) is 22.8 Å². The number of carbonyl (C=O) groups is 1. The third kappa shape index (κ3) is 4.34. The number of pyridine rings is 1. The van der Waals surface area contributed by atoms with Crippen LogP contribution in [0.1, 0.15) is 36.7 Å². The standard InChI is InChI=1S/C24H28N2O3/c1-14(2)16(4)25-24(27)20-13-22(26-21-10-7-15(3)11-19(20)21)18-9-8-17(28-5)12-23(18)29-6/h7-14,16H,1-6H3,(H,25,27). The zero-order valence-corrected chi connectivity index (χ0v) is 17.9. The molecule has 1 atom stereocenters. The van der Waals surface area contributed by atoms with Crippen LogP contribution in [0.2, 0.25) is 0 Å². The van der Waals surface area contributed by atoms with Gasteiger partial charge >= 0.3 is 0 Å². The summed E-state index contributed by atoms with van der Waals surface area (Å²) in [5.41, 5.74) is 3.96. The van der Waals surface area contributed by atoms with Gasteiger partial charge in [-0.2, -0.15) is 0 Å². The topological polar surface area (TPSA) is 60.5 Å². The maximum Gasteiger partial charge on any atom is 0.252 e. The summed E-state index contributed by atoms with van der Waals surface area (Å²) in [7, 11) is 3.23. The Balaban J connectivity index is 2.18. The summed E-state index contributed by atoms with van der Waals surface area (Å²) in [5.74, 6) is 1.59. The number of fused-ring (bicyclic) bond motifs is 1. The van der Waals surface area contributed by atoms with Crippen molar-refractivity contribution in [3.63, 3.8) is 0 Å². The molecule has 0 saturated heterocycles. The maximum absolute atomic E-state index is 13.1. The molecule has 0 aliphatic carbocycles. The number of nitrogens with zero attached hydrogens (tertiary/aromatic N) is 1. The number of nitrogens with one attached hydrogen (secondary N) is 1. The van der Waals surface area contributed by atoms with Crippen LogP contribution in [0, 0.1) is 12.8 Å². The Kier molecular flexibility index (Phi) is 6.06. The van der Waals surface area contributed by atoms with Gasteiger partial charge < -0.3 is 14.8 Å². The highest BCUT2D eigenvalue weighted by Gasteiger charge is 2.19. The quantitative estimate of drug-likeness (QED) is 0.641. The molecule has 5 nitrogen and oxygen atoms in total. The van der Waals surface area contributed by atoms with Gasteiger partial charge in [-0.3, -0.25) is 4.79 Å². The molecule has 0 radical (unpaired) electrons. The Hall–Kier alpha value is -3.08. The number of amides is 1. The molecule has 152 valence electrons. The van der Waals surface area contributed by atoms with Crippen molar-refractivity contribution >= 4 is 16.8 Å². The fraction of sp³-hybridized carbons (Fsp3) is 0.333. The van der Waals surface area contributed by atoms with Gasteiger partial charge in [0.25, 0.3) is 5.91 Å². The number of benzene rings is 2. The Morgan fingerprint density at radius 2 is 1.76 bits per heavy atom. The lowest BCUT2D eigenvalue weighted by molar-refractivity contribution is 0.0932. The number of hydrogen-bond donors (Lipinski definition) is 1. The molecule has 0 aliphatic heterocycles. The number of ether oxygens (including phenoxy) is 2. The molecular weight excluding hydrogens is 364 g/mol. The lowest BCUT2D eigenvalue weighted by atomic mass is 10.0. The van der Waals surface area contributed by atoms with Crippen LogP contribution in [0.4, 0.5) is 0 Å². The van der Waals surface area contributed by atoms with Crippen LogP contribution < -0.4 is 14.8 Å². The average molecular weight is 392 g/mol. The van der Waals surface area contributed by atoms with Crippen molar-refractivity contribution in [3.05, 3.63) is 53.6 Å². The van der Waals surface area contributed by atoms with Gasteiger partial charge in [0.1, 0.15) is 11.5 Å². The molecule has 1 unspecified atom stereocenters. The number of hydrogen-bond acceptors (Lipinski definition) is 4. The van der Waals surface area contributed by atoms with Crippen LogP contribution in [-0.2, 0) is 0 Å². The van der Waals surface area contributed by atoms with E-state index in [4.69, 9.17) is 14.5 Å². The molecule has 0 saturated carbocycles. The summed E-state index contributed by atoms with van der Waals surface area (Å²) in [6.45, 7) is 8.21. The molecule has 1 N–H and O–H groups in total. The molecule has 29 heavy (non-hydrogen) atoms. The van der Waals surface area contributed by atoms with E-state index in [2.05, 4.69) is 19.2 Å². The second-order valence-electron chi connectivity index (χ2n) is 7.65. The summed E-state index contributed by atoms with van der Waals surface area (Å²) in [6, 6.07) is 13.4. The normalized spacial score (nSPS) is 12.1. The monoisotopic (exact) mass is 392 g/mol. The molecule has 2 aromatic carbocycles. The van der Waals surface area contributed by atoms with Gasteiger partial charge in [-0.15, -0.1) is 0 Å². The van der Waals surface area contributed by atoms with E-state index in [9.17, 15) is 4.79 Å². The predicted molar refractivity (Wildman–Crippen MR) is 117 cm³/mol. The Bertz CT molecular complexity index is 1040. The largest absolute Gasteiger partial charge is 0.497 e. The summed E-state index contributed by atoms with van der Waals surface area (Å²) < 4.78 is 10.8. The molecular formula is C24H28N2O3. The Morgan fingerprint density at radius 1 is 1.00 bits per heavy atom. The van der Waals surface area contributed by atoms with Crippen LogP contribution in [-0.4, -0.2) is 31.2 Å². The molecule has 3 rings (SSSR count). The molecule has 0 bridgehead atoms. The van der Waals surface area contributed by atoms with Gasteiger partial charge in [-0.1, -0.05) is 25.5 Å². The minimum absolute atomic E-state index is 0.0643. The lowest BCUT2D eigenvalue weighted by Gasteiger charge is -2.19. The highest BCUT2D eigenvalue weighted by Crippen LogP contribution is 2.34. The van der Waals surface area contributed by atoms with E-state index in [1.54, 1.807) is 14.2 Å². The van der Waals surface area contributed by atoms with Crippen LogP contribution in [0.15, 0.2) is 42.5 Å². The van der Waals surface area contributed by atoms with E-state index in [0.29, 0.717) is 28.7 Å². The zero-order chi connectivity index (χ0) is 21.1. The number of aryl methyl sites for hydroxylation is 1. The summed E-state index contributed by atoms with van der Waals surface area (Å²) >= 11 is 0. The summed E-state index contributed by atoms with van der Waals surface area (Å²) in [6.07, 6.45) is 0. The molecule has 5 heteroatoms. The van der Waals surface area contributed by atoms with Crippen molar-refractivity contribution in [1.29, 1.82) is 0 Å². The van der Waals surface area contributed by atoms with E-state index in [1.165, 1.54) is 0 Å². The molecule has 0 fully saturated rings. The van der Waals surface area contributed by atoms with Crippen LogP contribution in [0.25, 0.3) is 22.2 Å². The van der Waals surface area contributed by atoms with Gasteiger partial charge in [0.15, 0.2) is 0 Å². The first-order valence-corrected chi connectivity index (χ1v) is 9.78. The molecule has 3 aromatic rings. The predicted octanol–water partition coefficient (Wildman–Crippen LogP) is 5.00. The van der Waals surface area contributed by atoms with Gasteiger partial charge in [0.05, 0.1) is 31.0 Å². The first-order valence-electron chi connectivity index (χ1n) is 9.78. The first-order chi connectivity index (χ1) is 13.8. The van der Waals surface area contributed by atoms with Gasteiger partial charge in [0, 0.05) is 23.1 Å². The van der Waals surface area contributed by atoms with Crippen molar-refractivity contribution in [2.24, 2.45) is 5.92 Å². The molecule has 0 aliphatic rings. The number of carbonyl (C=O) groups excluding carboxylic acids is 1. The third-order valence-electron chi connectivity index (χ3n) is 5.25. The highest BCUT2D eigenvalue weighted by atomic mass is 16.5. The second kappa shape index (κ2) is 8.52. The molecule has 1 amide bonds. The van der Waals surface area contributed by atoms with Gasteiger partial charge in [-0.25, -0.2) is 4.98 Å². The zero-order valence-electron chi connectivity index (χ0n) is 17.9. The van der Waals surface area contributed by atoms with Crippen LogP contribution in [0.3, 0.4) is 0 Å². The highest BCUT2D eigenvalue weighted by molar-refractivity contribution is 6.07. The van der Waals surface area contributed by atoms with Crippen molar-refractivity contribution in [1.82, 2.24) is 10.3 Å². The van der Waals surface area contributed by atoms with Gasteiger partial charge in [-0.05, 0) is 50.1 Å². The number of methoxy groups -OCH3 is 2. The SMILES string of the molecule is COc1ccc(-c2cc(C(=O)NC(C)C(C)C)c3cc(C)ccc3n2)c(OC)c1. The number of rotatable bonds is 6.